The zero-order chi connectivity index (χ0) is 34.4. The first-order chi connectivity index (χ1) is 25.2. The number of thiophene rings is 1. The van der Waals surface area contributed by atoms with E-state index in [0.717, 1.165) is 61.5 Å². The quantitative estimate of drug-likeness (QED) is 0.122. The molecule has 0 spiro atoms. The molecule has 264 valence electrons. The number of ether oxygens (including phenoxy) is 4. The minimum absolute atomic E-state index is 0.0202. The maximum atomic E-state index is 12.3. The number of benzene rings is 4. The van der Waals surface area contributed by atoms with Crippen molar-refractivity contribution in [3.63, 3.8) is 0 Å². The van der Waals surface area contributed by atoms with Crippen LogP contribution in [0.15, 0.2) is 97.1 Å². The molecular formula is C43H46N2O5S. The van der Waals surface area contributed by atoms with Crippen molar-refractivity contribution in [3.05, 3.63) is 114 Å². The van der Waals surface area contributed by atoms with Gasteiger partial charge in [0, 0.05) is 16.1 Å². The first kappa shape index (κ1) is 33.6. The standard InChI is InChI=1S/C43H46N2O5S/c46-43-45(25-27-48-43)39-10-4-5-11-40(39)50-35-16-12-31(13-17-35)28-38-37-21-20-36(49-30-32-8-2-1-3-9-32)29-41(37)51-42(38)33-14-18-34(19-15-33)47-26-24-44-22-6-7-23-44/h1-3,8-9,12-21,29,39-40H,4-7,10-11,22-28,30H2. The van der Waals surface area contributed by atoms with Crippen LogP contribution in [0, 0.1) is 0 Å². The average Bonchev–Trinajstić information content (AvgIpc) is 3.93. The summed E-state index contributed by atoms with van der Waals surface area (Å²) < 4.78 is 25.4. The summed E-state index contributed by atoms with van der Waals surface area (Å²) in [4.78, 5) is 17.9. The van der Waals surface area contributed by atoms with Gasteiger partial charge in [-0.2, -0.15) is 0 Å². The molecule has 51 heavy (non-hydrogen) atoms. The Kier molecular flexibility index (Phi) is 10.4. The minimum atomic E-state index is -0.209. The molecule has 3 heterocycles. The molecule has 3 aliphatic rings. The van der Waals surface area contributed by atoms with Crippen LogP contribution in [0.1, 0.15) is 55.2 Å². The normalized spacial score (nSPS) is 19.4. The van der Waals surface area contributed by atoms with Gasteiger partial charge in [0.15, 0.2) is 0 Å². The molecule has 8 heteroatoms. The molecule has 1 amide bonds. The third kappa shape index (κ3) is 8.03. The maximum absolute atomic E-state index is 12.3. The van der Waals surface area contributed by atoms with Crippen molar-refractivity contribution in [3.8, 4) is 27.7 Å². The van der Waals surface area contributed by atoms with E-state index in [-0.39, 0.29) is 18.2 Å². The summed E-state index contributed by atoms with van der Waals surface area (Å²) in [5, 5.41) is 1.25. The Balaban J connectivity index is 1.01. The number of carbonyl (C=O) groups excluding carboxylic acids is 1. The number of hydrogen-bond donors (Lipinski definition) is 0. The van der Waals surface area contributed by atoms with Gasteiger partial charge in [0.1, 0.15) is 43.2 Å². The van der Waals surface area contributed by atoms with Crippen molar-refractivity contribution in [2.45, 2.75) is 63.7 Å². The first-order valence-electron chi connectivity index (χ1n) is 18.5. The molecule has 2 atom stereocenters. The van der Waals surface area contributed by atoms with Crippen LogP contribution in [0.2, 0.25) is 0 Å². The van der Waals surface area contributed by atoms with Crippen LogP contribution in [0.25, 0.3) is 20.5 Å². The van der Waals surface area contributed by atoms with Crippen LogP contribution in [0.4, 0.5) is 4.79 Å². The number of carbonyl (C=O) groups is 1. The third-order valence-electron chi connectivity index (χ3n) is 10.5. The molecule has 1 aromatic heterocycles. The van der Waals surface area contributed by atoms with Crippen LogP contribution < -0.4 is 14.2 Å². The van der Waals surface area contributed by atoms with Crippen molar-refractivity contribution in [1.82, 2.24) is 9.80 Å². The zero-order valence-corrected chi connectivity index (χ0v) is 30.0. The molecule has 3 fully saturated rings. The van der Waals surface area contributed by atoms with E-state index in [2.05, 4.69) is 83.8 Å². The van der Waals surface area contributed by atoms with Gasteiger partial charge in [0.2, 0.25) is 0 Å². The summed E-state index contributed by atoms with van der Waals surface area (Å²) in [7, 11) is 0. The number of cyclic esters (lactones) is 1. The number of likely N-dealkylation sites (tertiary alicyclic amines) is 1. The fourth-order valence-corrected chi connectivity index (χ4v) is 8.97. The monoisotopic (exact) mass is 702 g/mol. The van der Waals surface area contributed by atoms with Gasteiger partial charge in [0.25, 0.3) is 0 Å². The Bertz CT molecular complexity index is 1900. The van der Waals surface area contributed by atoms with E-state index in [1.165, 1.54) is 57.6 Å². The highest BCUT2D eigenvalue weighted by Crippen LogP contribution is 2.42. The van der Waals surface area contributed by atoms with Gasteiger partial charge in [0.05, 0.1) is 12.6 Å². The van der Waals surface area contributed by atoms with Crippen molar-refractivity contribution < 1.29 is 23.7 Å². The molecule has 1 saturated carbocycles. The molecule has 0 bridgehead atoms. The van der Waals surface area contributed by atoms with Gasteiger partial charge in [-0.25, -0.2) is 4.79 Å². The first-order valence-corrected chi connectivity index (χ1v) is 19.3. The molecular weight excluding hydrogens is 657 g/mol. The number of rotatable bonds is 13. The Labute approximate surface area is 304 Å². The van der Waals surface area contributed by atoms with Crippen molar-refractivity contribution >= 4 is 27.5 Å². The molecule has 0 radical (unpaired) electrons. The lowest BCUT2D eigenvalue weighted by atomic mass is 9.91. The highest BCUT2D eigenvalue weighted by atomic mass is 32.1. The summed E-state index contributed by atoms with van der Waals surface area (Å²) in [6.45, 7) is 5.71. The van der Waals surface area contributed by atoms with Gasteiger partial charge in [-0.05, 0) is 134 Å². The highest BCUT2D eigenvalue weighted by Gasteiger charge is 2.37. The predicted octanol–water partition coefficient (Wildman–Crippen LogP) is 9.35. The second-order valence-corrected chi connectivity index (χ2v) is 15.0. The summed E-state index contributed by atoms with van der Waals surface area (Å²) in [5.41, 5.74) is 4.87. The van der Waals surface area contributed by atoms with Gasteiger partial charge in [-0.15, -0.1) is 11.3 Å². The van der Waals surface area contributed by atoms with Crippen LogP contribution in [-0.2, 0) is 17.8 Å². The molecule has 1 aliphatic carbocycles. The molecule has 5 aromatic rings. The molecule has 4 aromatic carbocycles. The fraction of sp³-hybridized carbons (Fsp3) is 0.372. The van der Waals surface area contributed by atoms with Crippen LogP contribution in [0.5, 0.6) is 17.2 Å². The van der Waals surface area contributed by atoms with Crippen molar-refractivity contribution in [2.24, 2.45) is 0 Å². The smallest absolute Gasteiger partial charge is 0.410 e. The van der Waals surface area contributed by atoms with E-state index in [9.17, 15) is 4.79 Å². The summed E-state index contributed by atoms with van der Waals surface area (Å²) in [5.74, 6) is 2.63. The van der Waals surface area contributed by atoms with Gasteiger partial charge >= 0.3 is 6.09 Å². The lowest BCUT2D eigenvalue weighted by molar-refractivity contribution is 0.0572. The second kappa shape index (κ2) is 15.8. The summed E-state index contributed by atoms with van der Waals surface area (Å²) in [6.07, 6.45) is 7.27. The Morgan fingerprint density at radius 2 is 1.51 bits per heavy atom. The minimum Gasteiger partial charge on any atom is -0.492 e. The van der Waals surface area contributed by atoms with E-state index in [1.54, 1.807) is 0 Å². The average molecular weight is 703 g/mol. The predicted molar refractivity (Wildman–Crippen MR) is 203 cm³/mol. The molecule has 7 nitrogen and oxygen atoms in total. The van der Waals surface area contributed by atoms with E-state index < -0.39 is 0 Å². The number of hydrogen-bond acceptors (Lipinski definition) is 7. The van der Waals surface area contributed by atoms with Gasteiger partial charge in [-0.3, -0.25) is 9.80 Å². The SMILES string of the molecule is O=C1OCCN1C1CCCCC1Oc1ccc(Cc2c(-c3ccc(OCCN4CCCC4)cc3)sc3cc(OCc4ccccc4)ccc23)cc1. The molecule has 2 saturated heterocycles. The molecule has 2 aliphatic heterocycles. The number of amides is 1. The molecule has 2 unspecified atom stereocenters. The van der Waals surface area contributed by atoms with Crippen LogP contribution in [0.3, 0.4) is 0 Å². The highest BCUT2D eigenvalue weighted by molar-refractivity contribution is 7.22. The lowest BCUT2D eigenvalue weighted by Crippen LogP contribution is -2.48. The van der Waals surface area contributed by atoms with E-state index in [0.29, 0.717) is 26.4 Å². The van der Waals surface area contributed by atoms with E-state index in [4.69, 9.17) is 18.9 Å². The Hall–Kier alpha value is -4.53. The Morgan fingerprint density at radius 3 is 2.29 bits per heavy atom. The van der Waals surface area contributed by atoms with Crippen molar-refractivity contribution in [2.75, 3.05) is 39.4 Å². The molecule has 0 N–H and O–H groups in total. The zero-order valence-electron chi connectivity index (χ0n) is 29.1. The fourth-order valence-electron chi connectivity index (χ4n) is 7.71. The van der Waals surface area contributed by atoms with E-state index >= 15 is 0 Å². The summed E-state index contributed by atoms with van der Waals surface area (Å²) >= 11 is 1.82. The lowest BCUT2D eigenvalue weighted by Gasteiger charge is -2.36. The topological polar surface area (TPSA) is 60.5 Å². The van der Waals surface area contributed by atoms with Crippen LogP contribution in [-0.4, -0.2) is 67.4 Å². The van der Waals surface area contributed by atoms with Crippen molar-refractivity contribution in [1.29, 1.82) is 0 Å². The van der Waals surface area contributed by atoms with Gasteiger partial charge in [-0.1, -0.05) is 48.9 Å². The Morgan fingerprint density at radius 1 is 0.745 bits per heavy atom. The second-order valence-electron chi connectivity index (χ2n) is 13.9. The maximum Gasteiger partial charge on any atom is 0.410 e. The molecule has 8 rings (SSSR count). The largest absolute Gasteiger partial charge is 0.492 e. The third-order valence-corrected chi connectivity index (χ3v) is 11.7. The van der Waals surface area contributed by atoms with Gasteiger partial charge < -0.3 is 18.9 Å². The number of fused-ring (bicyclic) bond motifs is 1. The number of nitrogens with zero attached hydrogens (tertiary/aromatic N) is 2. The van der Waals surface area contributed by atoms with E-state index in [1.807, 2.05) is 34.4 Å². The van der Waals surface area contributed by atoms with Crippen LogP contribution >= 0.6 is 11.3 Å². The summed E-state index contributed by atoms with van der Waals surface area (Å²) in [6, 6.07) is 34.0.